The van der Waals surface area contributed by atoms with Crippen molar-refractivity contribution in [1.29, 1.82) is 0 Å². The fourth-order valence-corrected chi connectivity index (χ4v) is 2.67. The second-order valence-corrected chi connectivity index (χ2v) is 4.05. The van der Waals surface area contributed by atoms with Crippen LogP contribution in [0.3, 0.4) is 0 Å². The molecule has 0 fully saturated rings. The van der Waals surface area contributed by atoms with Crippen LogP contribution in [0, 0.1) is 0 Å². The molecule has 0 spiro atoms. The van der Waals surface area contributed by atoms with Crippen LogP contribution in [0.4, 0.5) is 0 Å². The lowest BCUT2D eigenvalue weighted by Crippen LogP contribution is -2.29. The van der Waals surface area contributed by atoms with Crippen molar-refractivity contribution >= 4 is 0 Å². The summed E-state index contributed by atoms with van der Waals surface area (Å²) in [5, 5.41) is 19.8. The highest BCUT2D eigenvalue weighted by atomic mass is 16.3. The summed E-state index contributed by atoms with van der Waals surface area (Å²) in [6.45, 7) is 0. The first-order valence-electron chi connectivity index (χ1n) is 4.92. The molecule has 2 nitrogen and oxygen atoms in total. The molecular weight excluding hydrogens is 176 g/mol. The maximum atomic E-state index is 9.99. The van der Waals surface area contributed by atoms with E-state index in [9.17, 15) is 10.2 Å². The minimum atomic E-state index is -0.537. The number of rotatable bonds is 0. The molecule has 3 rings (SSSR count). The van der Waals surface area contributed by atoms with Crippen LogP contribution in [0.5, 0.6) is 0 Å². The van der Waals surface area contributed by atoms with E-state index in [0.717, 1.165) is 11.1 Å². The Morgan fingerprint density at radius 2 is 1.64 bits per heavy atom. The molecule has 0 radical (unpaired) electrons. The Morgan fingerprint density at radius 1 is 0.929 bits per heavy atom. The van der Waals surface area contributed by atoms with Gasteiger partial charge in [0.25, 0.3) is 0 Å². The molecule has 0 saturated carbocycles. The molecule has 2 heteroatoms. The Morgan fingerprint density at radius 3 is 2.43 bits per heavy atom. The topological polar surface area (TPSA) is 40.5 Å². The molecule has 2 N–H and O–H groups in total. The van der Waals surface area contributed by atoms with Crippen LogP contribution in [0.25, 0.3) is 0 Å². The fraction of sp³-hybridized carbons (Fsp3) is 0.333. The lowest BCUT2D eigenvalue weighted by Gasteiger charge is -2.25. The highest BCUT2D eigenvalue weighted by molar-refractivity contribution is 5.47. The lowest BCUT2D eigenvalue weighted by molar-refractivity contribution is 0.0704. The van der Waals surface area contributed by atoms with Gasteiger partial charge in [0.05, 0.1) is 12.2 Å². The van der Waals surface area contributed by atoms with Gasteiger partial charge in [0, 0.05) is 11.8 Å². The van der Waals surface area contributed by atoms with Crippen molar-refractivity contribution in [1.82, 2.24) is 0 Å². The Kier molecular flexibility index (Phi) is 1.58. The average Bonchev–Trinajstić information content (AvgIpc) is 2.37. The SMILES string of the molecule is OC1C=CC2c3ccccc3C1C2O. The van der Waals surface area contributed by atoms with E-state index in [0.29, 0.717) is 0 Å². The van der Waals surface area contributed by atoms with Gasteiger partial charge in [0.1, 0.15) is 0 Å². The molecule has 4 unspecified atom stereocenters. The van der Waals surface area contributed by atoms with Gasteiger partial charge in [-0.1, -0.05) is 36.4 Å². The highest BCUT2D eigenvalue weighted by Gasteiger charge is 2.43. The second-order valence-electron chi connectivity index (χ2n) is 4.05. The van der Waals surface area contributed by atoms with E-state index in [2.05, 4.69) is 0 Å². The van der Waals surface area contributed by atoms with Crippen molar-refractivity contribution < 1.29 is 10.2 Å². The van der Waals surface area contributed by atoms with E-state index in [1.807, 2.05) is 30.3 Å². The summed E-state index contributed by atoms with van der Waals surface area (Å²) in [7, 11) is 0. The van der Waals surface area contributed by atoms with Crippen LogP contribution >= 0.6 is 0 Å². The molecule has 2 aliphatic carbocycles. The van der Waals surface area contributed by atoms with Crippen molar-refractivity contribution in [3.63, 3.8) is 0 Å². The normalized spacial score (nSPS) is 38.4. The number of aliphatic hydroxyl groups excluding tert-OH is 2. The van der Waals surface area contributed by atoms with Gasteiger partial charge >= 0.3 is 0 Å². The Balaban J connectivity index is 2.22. The van der Waals surface area contributed by atoms with Gasteiger partial charge in [0.2, 0.25) is 0 Å². The van der Waals surface area contributed by atoms with E-state index in [1.165, 1.54) is 0 Å². The number of hydrogen-bond acceptors (Lipinski definition) is 2. The maximum Gasteiger partial charge on any atom is 0.0814 e. The quantitative estimate of drug-likeness (QED) is 0.600. The van der Waals surface area contributed by atoms with Crippen LogP contribution in [-0.2, 0) is 0 Å². The van der Waals surface area contributed by atoms with Gasteiger partial charge in [-0.25, -0.2) is 0 Å². The van der Waals surface area contributed by atoms with E-state index < -0.39 is 12.2 Å². The standard InChI is InChI=1S/C12H12O2/c13-10-6-5-9-7-3-1-2-4-8(7)11(10)12(9)14/h1-6,9-14H. The lowest BCUT2D eigenvalue weighted by atomic mass is 9.87. The molecule has 0 saturated heterocycles. The van der Waals surface area contributed by atoms with Crippen molar-refractivity contribution in [2.45, 2.75) is 24.0 Å². The van der Waals surface area contributed by atoms with Crippen LogP contribution in [0.2, 0.25) is 0 Å². The number of hydrogen-bond donors (Lipinski definition) is 2. The van der Waals surface area contributed by atoms with Gasteiger partial charge < -0.3 is 10.2 Å². The van der Waals surface area contributed by atoms with Crippen LogP contribution in [0.15, 0.2) is 36.4 Å². The zero-order valence-corrected chi connectivity index (χ0v) is 7.67. The molecular formula is C12H12O2. The van der Waals surface area contributed by atoms with E-state index in [1.54, 1.807) is 6.08 Å². The summed E-state index contributed by atoms with van der Waals surface area (Å²) < 4.78 is 0. The van der Waals surface area contributed by atoms with E-state index in [4.69, 9.17) is 0 Å². The van der Waals surface area contributed by atoms with Gasteiger partial charge in [-0.2, -0.15) is 0 Å². The third-order valence-corrected chi connectivity index (χ3v) is 3.33. The number of aliphatic hydroxyl groups is 2. The summed E-state index contributed by atoms with van der Waals surface area (Å²) >= 11 is 0. The van der Waals surface area contributed by atoms with E-state index in [-0.39, 0.29) is 11.8 Å². The Bertz CT molecular complexity index is 397. The van der Waals surface area contributed by atoms with Gasteiger partial charge in [-0.15, -0.1) is 0 Å². The smallest absolute Gasteiger partial charge is 0.0814 e. The van der Waals surface area contributed by atoms with Gasteiger partial charge in [-0.3, -0.25) is 0 Å². The predicted molar refractivity (Wildman–Crippen MR) is 53.1 cm³/mol. The average molecular weight is 188 g/mol. The number of benzene rings is 1. The predicted octanol–water partition coefficient (Wildman–Crippen LogP) is 1.16. The van der Waals surface area contributed by atoms with Crippen molar-refractivity contribution in [2.24, 2.45) is 0 Å². The van der Waals surface area contributed by atoms with Crippen molar-refractivity contribution in [3.8, 4) is 0 Å². The zero-order chi connectivity index (χ0) is 9.71. The minimum Gasteiger partial charge on any atom is -0.391 e. The fourth-order valence-electron chi connectivity index (χ4n) is 2.67. The molecule has 72 valence electrons. The summed E-state index contributed by atoms with van der Waals surface area (Å²) in [6, 6.07) is 7.97. The summed E-state index contributed by atoms with van der Waals surface area (Å²) in [4.78, 5) is 0. The van der Waals surface area contributed by atoms with Crippen molar-refractivity contribution in [2.75, 3.05) is 0 Å². The van der Waals surface area contributed by atoms with Crippen LogP contribution in [0.1, 0.15) is 23.0 Å². The third kappa shape index (κ3) is 0.873. The van der Waals surface area contributed by atoms with Crippen LogP contribution < -0.4 is 0 Å². The van der Waals surface area contributed by atoms with Crippen LogP contribution in [-0.4, -0.2) is 22.4 Å². The molecule has 0 amide bonds. The molecule has 0 aliphatic heterocycles. The number of fused-ring (bicyclic) bond motifs is 5. The summed E-state index contributed by atoms with van der Waals surface area (Å²) in [5.41, 5.74) is 2.26. The molecule has 0 aromatic heterocycles. The highest BCUT2D eigenvalue weighted by Crippen LogP contribution is 2.47. The molecule has 1 aromatic carbocycles. The zero-order valence-electron chi connectivity index (χ0n) is 7.67. The first-order chi connectivity index (χ1) is 6.79. The molecule has 2 aliphatic rings. The molecule has 14 heavy (non-hydrogen) atoms. The largest absolute Gasteiger partial charge is 0.391 e. The summed E-state index contributed by atoms with van der Waals surface area (Å²) in [5.74, 6) is -0.0409. The van der Waals surface area contributed by atoms with E-state index >= 15 is 0 Å². The third-order valence-electron chi connectivity index (χ3n) is 3.33. The Hall–Kier alpha value is -1.12. The molecule has 1 aromatic rings. The summed E-state index contributed by atoms with van der Waals surface area (Å²) in [6.07, 6.45) is 2.72. The molecule has 2 bridgehead atoms. The first-order valence-corrected chi connectivity index (χ1v) is 4.92. The Labute approximate surface area is 82.5 Å². The molecule has 4 atom stereocenters. The minimum absolute atomic E-state index is 0.0830. The monoisotopic (exact) mass is 188 g/mol. The second kappa shape index (κ2) is 2.69. The van der Waals surface area contributed by atoms with Gasteiger partial charge in [0.15, 0.2) is 0 Å². The van der Waals surface area contributed by atoms with Gasteiger partial charge in [-0.05, 0) is 11.1 Å². The van der Waals surface area contributed by atoms with Crippen molar-refractivity contribution in [3.05, 3.63) is 47.5 Å². The maximum absolute atomic E-state index is 9.99. The molecule has 0 heterocycles. The first kappa shape index (κ1) is 8.21.